The molecule has 1 aromatic heterocycles. The lowest BCUT2D eigenvalue weighted by Crippen LogP contribution is -2.30. The Morgan fingerprint density at radius 3 is 2.48 bits per heavy atom. The highest BCUT2D eigenvalue weighted by atomic mass is 32.1. The van der Waals surface area contributed by atoms with Crippen molar-refractivity contribution in [3.05, 3.63) is 56.8 Å². The molecule has 1 heterocycles. The van der Waals surface area contributed by atoms with Crippen molar-refractivity contribution >= 4 is 23.2 Å². The SMILES string of the molecule is Cc1cc(C)c(C(=O)OCC(=O)NCCc2cccs2)c(C)c1. The number of esters is 1. The van der Waals surface area contributed by atoms with Gasteiger partial charge in [-0.15, -0.1) is 11.3 Å². The van der Waals surface area contributed by atoms with Gasteiger partial charge in [-0.2, -0.15) is 0 Å². The molecule has 0 fully saturated rings. The van der Waals surface area contributed by atoms with E-state index in [0.717, 1.165) is 23.1 Å². The van der Waals surface area contributed by atoms with Crippen molar-refractivity contribution in [2.75, 3.05) is 13.2 Å². The van der Waals surface area contributed by atoms with Crippen molar-refractivity contribution in [3.63, 3.8) is 0 Å². The van der Waals surface area contributed by atoms with Crippen molar-refractivity contribution in [1.29, 1.82) is 0 Å². The summed E-state index contributed by atoms with van der Waals surface area (Å²) in [6.07, 6.45) is 0.785. The van der Waals surface area contributed by atoms with Crippen molar-refractivity contribution in [2.45, 2.75) is 27.2 Å². The van der Waals surface area contributed by atoms with Crippen molar-refractivity contribution in [3.8, 4) is 0 Å². The number of carbonyl (C=O) groups is 2. The average molecular weight is 331 g/mol. The predicted octanol–water partition coefficient (Wildman–Crippen LogP) is 3.19. The van der Waals surface area contributed by atoms with E-state index < -0.39 is 5.97 Å². The second-order valence-electron chi connectivity index (χ2n) is 5.53. The number of thiophene rings is 1. The van der Waals surface area contributed by atoms with Crippen molar-refractivity contribution < 1.29 is 14.3 Å². The van der Waals surface area contributed by atoms with Gasteiger partial charge < -0.3 is 10.1 Å². The van der Waals surface area contributed by atoms with Gasteiger partial charge in [0.1, 0.15) is 0 Å². The van der Waals surface area contributed by atoms with E-state index in [1.54, 1.807) is 11.3 Å². The number of ether oxygens (including phenoxy) is 1. The Hall–Kier alpha value is -2.14. The minimum atomic E-state index is -0.451. The molecule has 0 radical (unpaired) electrons. The van der Waals surface area contributed by atoms with Gasteiger partial charge in [0.15, 0.2) is 6.61 Å². The molecule has 122 valence electrons. The molecule has 5 heteroatoms. The summed E-state index contributed by atoms with van der Waals surface area (Å²) in [6, 6.07) is 7.88. The lowest BCUT2D eigenvalue weighted by molar-refractivity contribution is -0.124. The summed E-state index contributed by atoms with van der Waals surface area (Å²) in [5.74, 6) is -0.731. The maximum absolute atomic E-state index is 12.2. The first-order chi connectivity index (χ1) is 11.0. The van der Waals surface area contributed by atoms with E-state index in [4.69, 9.17) is 4.74 Å². The number of aryl methyl sites for hydroxylation is 3. The highest BCUT2D eigenvalue weighted by Crippen LogP contribution is 2.17. The van der Waals surface area contributed by atoms with Crippen molar-refractivity contribution in [2.24, 2.45) is 0 Å². The molecule has 1 N–H and O–H groups in total. The number of benzene rings is 1. The topological polar surface area (TPSA) is 55.4 Å². The highest BCUT2D eigenvalue weighted by molar-refractivity contribution is 7.09. The molecular weight excluding hydrogens is 310 g/mol. The van der Waals surface area contributed by atoms with Gasteiger partial charge in [0.2, 0.25) is 0 Å². The molecule has 2 rings (SSSR count). The number of rotatable bonds is 6. The van der Waals surface area contributed by atoms with E-state index in [0.29, 0.717) is 12.1 Å². The first kappa shape index (κ1) is 17.2. The van der Waals surface area contributed by atoms with Crippen LogP contribution in [0.2, 0.25) is 0 Å². The second kappa shape index (κ2) is 7.92. The van der Waals surface area contributed by atoms with Crippen LogP contribution in [0.15, 0.2) is 29.6 Å². The third-order valence-corrected chi connectivity index (χ3v) is 4.43. The first-order valence-electron chi connectivity index (χ1n) is 7.51. The average Bonchev–Trinajstić information content (AvgIpc) is 2.97. The summed E-state index contributed by atoms with van der Waals surface area (Å²) in [4.78, 5) is 25.1. The summed E-state index contributed by atoms with van der Waals surface area (Å²) in [5, 5.41) is 4.76. The smallest absolute Gasteiger partial charge is 0.339 e. The standard InChI is InChI=1S/C18H21NO3S/c1-12-9-13(2)17(14(3)10-12)18(21)22-11-16(20)19-7-6-15-5-4-8-23-15/h4-5,8-10H,6-7,11H2,1-3H3,(H,19,20). The van der Waals surface area contributed by atoms with Gasteiger partial charge in [-0.1, -0.05) is 23.8 Å². The van der Waals surface area contributed by atoms with Gasteiger partial charge in [0.05, 0.1) is 5.56 Å². The van der Waals surface area contributed by atoms with Crippen LogP contribution >= 0.6 is 11.3 Å². The minimum absolute atomic E-state index is 0.254. The molecule has 0 saturated carbocycles. The largest absolute Gasteiger partial charge is 0.452 e. The van der Waals surface area contributed by atoms with Gasteiger partial charge in [0.25, 0.3) is 5.91 Å². The normalized spacial score (nSPS) is 10.4. The number of carbonyl (C=O) groups excluding carboxylic acids is 2. The lowest BCUT2D eigenvalue weighted by atomic mass is 10.00. The molecule has 0 saturated heterocycles. The number of hydrogen-bond acceptors (Lipinski definition) is 4. The molecular formula is C18H21NO3S. The molecule has 0 unspecified atom stereocenters. The summed E-state index contributed by atoms with van der Waals surface area (Å²) in [6.45, 7) is 6.01. The quantitative estimate of drug-likeness (QED) is 0.827. The number of hydrogen-bond donors (Lipinski definition) is 1. The molecule has 2 aromatic rings. The van der Waals surface area contributed by atoms with Crippen LogP contribution in [0, 0.1) is 20.8 Å². The Kier molecular flexibility index (Phi) is 5.93. The van der Waals surface area contributed by atoms with Crippen LogP contribution in [0.3, 0.4) is 0 Å². The molecule has 23 heavy (non-hydrogen) atoms. The fourth-order valence-electron chi connectivity index (χ4n) is 2.54. The molecule has 1 amide bonds. The molecule has 0 bridgehead atoms. The Morgan fingerprint density at radius 2 is 1.87 bits per heavy atom. The molecule has 1 aromatic carbocycles. The third kappa shape index (κ3) is 4.93. The third-order valence-electron chi connectivity index (χ3n) is 3.49. The number of amides is 1. The maximum Gasteiger partial charge on any atom is 0.339 e. The van der Waals surface area contributed by atoms with Crippen LogP contribution in [0.4, 0.5) is 0 Å². The summed E-state index contributed by atoms with van der Waals surface area (Å²) in [5.41, 5.74) is 3.38. The van der Waals surface area contributed by atoms with Crippen LogP contribution in [0.5, 0.6) is 0 Å². The summed E-state index contributed by atoms with van der Waals surface area (Å²) < 4.78 is 5.13. The van der Waals surface area contributed by atoms with E-state index >= 15 is 0 Å². The van der Waals surface area contributed by atoms with Gasteiger partial charge in [-0.25, -0.2) is 4.79 Å². The molecule has 0 aliphatic carbocycles. The fourth-order valence-corrected chi connectivity index (χ4v) is 3.25. The first-order valence-corrected chi connectivity index (χ1v) is 8.39. The molecule has 0 aliphatic heterocycles. The zero-order valence-electron chi connectivity index (χ0n) is 13.6. The summed E-state index contributed by atoms with van der Waals surface area (Å²) in [7, 11) is 0. The van der Waals surface area contributed by atoms with E-state index in [2.05, 4.69) is 5.32 Å². The zero-order chi connectivity index (χ0) is 16.8. The minimum Gasteiger partial charge on any atom is -0.452 e. The van der Waals surface area contributed by atoms with Gasteiger partial charge in [-0.3, -0.25) is 4.79 Å². The second-order valence-corrected chi connectivity index (χ2v) is 6.56. The monoisotopic (exact) mass is 331 g/mol. The van der Waals surface area contributed by atoms with Crippen LogP contribution in [0.1, 0.15) is 31.9 Å². The Balaban J connectivity index is 1.81. The maximum atomic E-state index is 12.2. The Bertz CT molecular complexity index is 669. The lowest BCUT2D eigenvalue weighted by Gasteiger charge is -2.11. The summed E-state index contributed by atoms with van der Waals surface area (Å²) >= 11 is 1.66. The number of nitrogens with one attached hydrogen (secondary N) is 1. The van der Waals surface area contributed by atoms with Gasteiger partial charge in [0, 0.05) is 11.4 Å². The molecule has 0 aliphatic rings. The van der Waals surface area contributed by atoms with Crippen LogP contribution in [-0.2, 0) is 16.0 Å². The molecule has 0 spiro atoms. The molecule has 0 atom stereocenters. The van der Waals surface area contributed by atoms with E-state index in [1.165, 1.54) is 4.88 Å². The van der Waals surface area contributed by atoms with E-state index in [-0.39, 0.29) is 12.5 Å². The highest BCUT2D eigenvalue weighted by Gasteiger charge is 2.15. The Labute approximate surface area is 140 Å². The zero-order valence-corrected chi connectivity index (χ0v) is 14.5. The Morgan fingerprint density at radius 1 is 1.17 bits per heavy atom. The van der Waals surface area contributed by atoms with E-state index in [9.17, 15) is 9.59 Å². The molecule has 4 nitrogen and oxygen atoms in total. The van der Waals surface area contributed by atoms with Crippen LogP contribution in [0.25, 0.3) is 0 Å². The van der Waals surface area contributed by atoms with Crippen LogP contribution < -0.4 is 5.32 Å². The van der Waals surface area contributed by atoms with Gasteiger partial charge in [-0.05, 0) is 49.8 Å². The van der Waals surface area contributed by atoms with Crippen LogP contribution in [-0.4, -0.2) is 25.0 Å². The van der Waals surface area contributed by atoms with Gasteiger partial charge >= 0.3 is 5.97 Å². The van der Waals surface area contributed by atoms with Crippen molar-refractivity contribution in [1.82, 2.24) is 5.32 Å². The fraction of sp³-hybridized carbons (Fsp3) is 0.333. The van der Waals surface area contributed by atoms with E-state index in [1.807, 2.05) is 50.4 Å². The predicted molar refractivity (Wildman–Crippen MR) is 92.0 cm³/mol.